The smallest absolute Gasteiger partial charge is 0.294 e. The fourth-order valence-corrected chi connectivity index (χ4v) is 3.53. The van der Waals surface area contributed by atoms with Crippen molar-refractivity contribution in [2.24, 2.45) is 5.92 Å². The lowest BCUT2D eigenvalue weighted by Crippen LogP contribution is -2.31. The highest BCUT2D eigenvalue weighted by molar-refractivity contribution is 6.17. The first-order chi connectivity index (χ1) is 13.2. The molecule has 0 aromatic heterocycles. The van der Waals surface area contributed by atoms with Gasteiger partial charge in [0.1, 0.15) is 0 Å². The molecule has 5 nitrogen and oxygen atoms in total. The number of Topliss-reactive ketones (excluding diaryl/α,β-unsaturated/α-hetero) is 1. The van der Waals surface area contributed by atoms with Crippen LogP contribution in [-0.2, 0) is 9.59 Å². The van der Waals surface area contributed by atoms with Gasteiger partial charge in [0.15, 0.2) is 11.5 Å². The van der Waals surface area contributed by atoms with E-state index < -0.39 is 17.7 Å². The molecular weight excluding hydrogens is 352 g/mol. The highest BCUT2D eigenvalue weighted by atomic mass is 16.3. The molecule has 1 heterocycles. The number of hydrogen-bond donors (Lipinski definition) is 1. The van der Waals surface area contributed by atoms with E-state index in [1.165, 1.54) is 4.90 Å². The maximum absolute atomic E-state index is 13.0. The minimum Gasteiger partial charge on any atom is -0.503 e. The molecular formula is C23H26N2O3. The first kappa shape index (κ1) is 19.7. The number of nitrogens with zero attached hydrogens (tertiary/aromatic N) is 2. The van der Waals surface area contributed by atoms with Crippen molar-refractivity contribution in [2.45, 2.75) is 26.8 Å². The maximum atomic E-state index is 13.0. The van der Waals surface area contributed by atoms with Gasteiger partial charge in [0, 0.05) is 31.4 Å². The Kier molecular flexibility index (Phi) is 5.27. The van der Waals surface area contributed by atoms with Gasteiger partial charge < -0.3 is 10.0 Å². The van der Waals surface area contributed by atoms with Crippen LogP contribution in [0.15, 0.2) is 59.9 Å². The Morgan fingerprint density at radius 3 is 2.21 bits per heavy atom. The van der Waals surface area contributed by atoms with Gasteiger partial charge in [0.25, 0.3) is 5.91 Å². The van der Waals surface area contributed by atoms with Gasteiger partial charge in [-0.3, -0.25) is 14.5 Å². The molecule has 5 heteroatoms. The molecule has 2 aromatic rings. The molecule has 1 N–H and O–H groups in total. The number of carbonyl (C=O) groups excluding carboxylic acids is 2. The zero-order chi connectivity index (χ0) is 20.6. The molecule has 1 aliphatic heterocycles. The fraction of sp³-hybridized carbons (Fsp3) is 0.304. The number of carbonyl (C=O) groups is 2. The van der Waals surface area contributed by atoms with Crippen molar-refractivity contribution in [3.63, 3.8) is 0 Å². The van der Waals surface area contributed by atoms with E-state index in [1.807, 2.05) is 74.4 Å². The normalized spacial score (nSPS) is 16.9. The van der Waals surface area contributed by atoms with Crippen LogP contribution >= 0.6 is 0 Å². The molecule has 0 saturated heterocycles. The first-order valence-corrected chi connectivity index (χ1v) is 9.37. The van der Waals surface area contributed by atoms with Crippen molar-refractivity contribution in [2.75, 3.05) is 23.9 Å². The second-order valence-corrected chi connectivity index (χ2v) is 7.63. The van der Waals surface area contributed by atoms with E-state index in [2.05, 4.69) is 0 Å². The lowest BCUT2D eigenvalue weighted by atomic mass is 9.89. The number of anilines is 2. The average molecular weight is 378 g/mol. The molecule has 1 aliphatic rings. The zero-order valence-corrected chi connectivity index (χ0v) is 16.9. The Morgan fingerprint density at radius 2 is 1.68 bits per heavy atom. The highest BCUT2D eigenvalue weighted by Crippen LogP contribution is 2.42. The summed E-state index contributed by atoms with van der Waals surface area (Å²) in [7, 11) is 3.89. The van der Waals surface area contributed by atoms with Gasteiger partial charge in [-0.15, -0.1) is 0 Å². The van der Waals surface area contributed by atoms with Crippen LogP contribution in [0.3, 0.4) is 0 Å². The molecule has 3 rings (SSSR count). The molecule has 0 aliphatic carbocycles. The largest absolute Gasteiger partial charge is 0.503 e. The van der Waals surface area contributed by atoms with Gasteiger partial charge in [-0.05, 0) is 42.3 Å². The third-order valence-electron chi connectivity index (χ3n) is 5.13. The Balaban J connectivity index is 2.17. The van der Waals surface area contributed by atoms with E-state index >= 15 is 0 Å². The molecule has 0 radical (unpaired) electrons. The molecule has 1 amide bonds. The third kappa shape index (κ3) is 3.28. The molecule has 1 unspecified atom stereocenters. The van der Waals surface area contributed by atoms with E-state index in [4.69, 9.17) is 0 Å². The second kappa shape index (κ2) is 7.50. The summed E-state index contributed by atoms with van der Waals surface area (Å²) in [6.45, 7) is 5.49. The predicted molar refractivity (Wildman–Crippen MR) is 112 cm³/mol. The molecule has 0 bridgehead atoms. The Bertz CT molecular complexity index is 943. The van der Waals surface area contributed by atoms with Crippen LogP contribution < -0.4 is 9.80 Å². The number of aliphatic hydroxyl groups excluding tert-OH is 1. The van der Waals surface area contributed by atoms with Crippen molar-refractivity contribution in [1.82, 2.24) is 0 Å². The lowest BCUT2D eigenvalue weighted by Gasteiger charge is -2.29. The van der Waals surface area contributed by atoms with Gasteiger partial charge in [0.2, 0.25) is 0 Å². The van der Waals surface area contributed by atoms with Gasteiger partial charge in [-0.1, -0.05) is 38.1 Å². The molecule has 0 fully saturated rings. The monoisotopic (exact) mass is 378 g/mol. The number of rotatable bonds is 5. The van der Waals surface area contributed by atoms with Crippen LogP contribution in [0.1, 0.15) is 31.0 Å². The number of amides is 1. The minimum absolute atomic E-state index is 0.172. The fourth-order valence-electron chi connectivity index (χ4n) is 3.53. The van der Waals surface area contributed by atoms with Crippen LogP contribution in [0.2, 0.25) is 0 Å². The summed E-state index contributed by atoms with van der Waals surface area (Å²) >= 11 is 0. The van der Waals surface area contributed by atoms with Gasteiger partial charge in [-0.25, -0.2) is 0 Å². The van der Waals surface area contributed by atoms with Crippen LogP contribution in [0, 0.1) is 12.8 Å². The quantitative estimate of drug-likeness (QED) is 0.848. The van der Waals surface area contributed by atoms with E-state index in [-0.39, 0.29) is 17.3 Å². The predicted octanol–water partition coefficient (Wildman–Crippen LogP) is 4.19. The van der Waals surface area contributed by atoms with Crippen LogP contribution in [0.25, 0.3) is 0 Å². The van der Waals surface area contributed by atoms with E-state index in [9.17, 15) is 14.7 Å². The molecule has 146 valence electrons. The Morgan fingerprint density at radius 1 is 1.07 bits per heavy atom. The summed E-state index contributed by atoms with van der Waals surface area (Å²) in [5.41, 5.74) is 3.60. The maximum Gasteiger partial charge on any atom is 0.294 e. The number of ketones is 1. The number of aryl methyl sites for hydroxylation is 1. The van der Waals surface area contributed by atoms with Crippen molar-refractivity contribution >= 4 is 23.1 Å². The van der Waals surface area contributed by atoms with Crippen molar-refractivity contribution in [3.8, 4) is 0 Å². The molecule has 0 saturated carbocycles. The standard InChI is InChI=1S/C23H26N2O3/c1-14(2)21(26)19-20(18-9-7-6-8-15(18)3)25(23(28)22(19)27)17-12-10-16(11-13-17)24(4)5/h6-14,20,27H,1-5H3. The summed E-state index contributed by atoms with van der Waals surface area (Å²) < 4.78 is 0. The van der Waals surface area contributed by atoms with Gasteiger partial charge in [-0.2, -0.15) is 0 Å². The van der Waals surface area contributed by atoms with Crippen LogP contribution in [0.4, 0.5) is 11.4 Å². The van der Waals surface area contributed by atoms with Gasteiger partial charge >= 0.3 is 0 Å². The average Bonchev–Trinajstić information content (AvgIpc) is 2.92. The molecule has 28 heavy (non-hydrogen) atoms. The number of hydrogen-bond acceptors (Lipinski definition) is 4. The molecule has 1 atom stereocenters. The van der Waals surface area contributed by atoms with Gasteiger partial charge in [0.05, 0.1) is 11.6 Å². The van der Waals surface area contributed by atoms with E-state index in [1.54, 1.807) is 13.8 Å². The second-order valence-electron chi connectivity index (χ2n) is 7.63. The SMILES string of the molecule is Cc1ccccc1C1C(C(=O)C(C)C)=C(O)C(=O)N1c1ccc(N(C)C)cc1. The number of aliphatic hydroxyl groups is 1. The summed E-state index contributed by atoms with van der Waals surface area (Å²) in [4.78, 5) is 29.4. The first-order valence-electron chi connectivity index (χ1n) is 9.37. The van der Waals surface area contributed by atoms with Crippen molar-refractivity contribution in [1.29, 1.82) is 0 Å². The summed E-state index contributed by atoms with van der Waals surface area (Å²) in [6, 6.07) is 14.5. The van der Waals surface area contributed by atoms with E-state index in [0.29, 0.717) is 5.69 Å². The van der Waals surface area contributed by atoms with Crippen molar-refractivity contribution in [3.05, 3.63) is 71.0 Å². The van der Waals surface area contributed by atoms with Crippen LogP contribution in [-0.4, -0.2) is 30.9 Å². The summed E-state index contributed by atoms with van der Waals surface area (Å²) in [5, 5.41) is 10.6. The lowest BCUT2D eigenvalue weighted by molar-refractivity contribution is -0.119. The molecule has 0 spiro atoms. The van der Waals surface area contributed by atoms with Crippen LogP contribution in [0.5, 0.6) is 0 Å². The molecule has 2 aromatic carbocycles. The minimum atomic E-state index is -0.645. The number of benzene rings is 2. The van der Waals surface area contributed by atoms with Crippen molar-refractivity contribution < 1.29 is 14.7 Å². The summed E-state index contributed by atoms with van der Waals surface area (Å²) in [6.07, 6.45) is 0. The highest BCUT2D eigenvalue weighted by Gasteiger charge is 2.45. The third-order valence-corrected chi connectivity index (χ3v) is 5.13. The van der Waals surface area contributed by atoms with E-state index in [0.717, 1.165) is 16.8 Å². The summed E-state index contributed by atoms with van der Waals surface area (Å²) in [5.74, 6) is -1.54. The topological polar surface area (TPSA) is 60.9 Å². The Hall–Kier alpha value is -3.08. The zero-order valence-electron chi connectivity index (χ0n) is 16.9. The Labute approximate surface area is 165 Å².